The molecule has 1 aromatic heterocycles. The van der Waals surface area contributed by atoms with Gasteiger partial charge in [0, 0.05) is 18.2 Å². The highest BCUT2D eigenvalue weighted by atomic mass is 19.1. The molecule has 0 amide bonds. The van der Waals surface area contributed by atoms with Gasteiger partial charge in [0.15, 0.2) is 0 Å². The van der Waals surface area contributed by atoms with E-state index in [1.807, 2.05) is 13.0 Å². The van der Waals surface area contributed by atoms with Crippen molar-refractivity contribution in [2.45, 2.75) is 25.9 Å². The van der Waals surface area contributed by atoms with Crippen molar-refractivity contribution in [1.29, 1.82) is 0 Å². The van der Waals surface area contributed by atoms with Crippen LogP contribution < -0.4 is 4.74 Å². The number of ether oxygens (including phenoxy) is 1. The number of rotatable bonds is 3. The van der Waals surface area contributed by atoms with Gasteiger partial charge in [0.25, 0.3) is 0 Å². The van der Waals surface area contributed by atoms with E-state index in [1.54, 1.807) is 18.2 Å². The number of hydrogen-bond donors (Lipinski definition) is 0. The Balaban J connectivity index is 1.50. The van der Waals surface area contributed by atoms with Crippen LogP contribution in [0.3, 0.4) is 0 Å². The van der Waals surface area contributed by atoms with Crippen LogP contribution >= 0.6 is 0 Å². The molecule has 3 fully saturated rings. The molecule has 0 radical (unpaired) electrons. The van der Waals surface area contributed by atoms with E-state index in [9.17, 15) is 4.39 Å². The molecule has 0 aliphatic carbocycles. The fraction of sp³-hybridized carbons (Fsp3) is 0.444. The zero-order valence-electron chi connectivity index (χ0n) is 13.2. The fourth-order valence-corrected chi connectivity index (χ4v) is 3.55. The van der Waals surface area contributed by atoms with Crippen molar-refractivity contribution < 1.29 is 9.13 Å². The second kappa shape index (κ2) is 5.89. The third kappa shape index (κ3) is 2.93. The van der Waals surface area contributed by atoms with Gasteiger partial charge in [-0.25, -0.2) is 4.39 Å². The molecule has 0 spiro atoms. The lowest BCUT2D eigenvalue weighted by Gasteiger charge is -2.44. The molecule has 3 saturated heterocycles. The molecule has 0 N–H and O–H groups in total. The first kappa shape index (κ1) is 14.6. The third-order valence-corrected chi connectivity index (χ3v) is 4.91. The van der Waals surface area contributed by atoms with Crippen molar-refractivity contribution in [3.05, 3.63) is 41.7 Å². The quantitative estimate of drug-likeness (QED) is 0.873. The molecule has 120 valence electrons. The molecule has 3 aliphatic rings. The summed E-state index contributed by atoms with van der Waals surface area (Å²) >= 11 is 0. The van der Waals surface area contributed by atoms with E-state index in [0.717, 1.165) is 12.1 Å². The lowest BCUT2D eigenvalue weighted by molar-refractivity contribution is -0.0103. The Hall–Kier alpha value is -2.01. The molecule has 0 unspecified atom stereocenters. The Morgan fingerprint density at radius 2 is 1.96 bits per heavy atom. The SMILES string of the molecule is Cc1ccc(-c2ccc(O[C@@H]3CN4CCC3CC4)nn2)c(F)c1. The van der Waals surface area contributed by atoms with Gasteiger partial charge in [-0.1, -0.05) is 6.07 Å². The van der Waals surface area contributed by atoms with Crippen LogP contribution in [0.25, 0.3) is 11.3 Å². The van der Waals surface area contributed by atoms with E-state index in [2.05, 4.69) is 15.1 Å². The number of aromatic nitrogens is 2. The number of benzene rings is 1. The second-order valence-corrected chi connectivity index (χ2v) is 6.53. The fourth-order valence-electron chi connectivity index (χ4n) is 3.55. The molecule has 1 aromatic carbocycles. The Morgan fingerprint density at radius 3 is 2.57 bits per heavy atom. The average molecular weight is 313 g/mol. The summed E-state index contributed by atoms with van der Waals surface area (Å²) in [6, 6.07) is 8.69. The van der Waals surface area contributed by atoms with E-state index < -0.39 is 0 Å². The van der Waals surface area contributed by atoms with Crippen LogP contribution in [0.15, 0.2) is 30.3 Å². The first-order chi connectivity index (χ1) is 11.2. The maximum atomic E-state index is 14.0. The zero-order chi connectivity index (χ0) is 15.8. The van der Waals surface area contributed by atoms with Gasteiger partial charge >= 0.3 is 0 Å². The highest BCUT2D eigenvalue weighted by Gasteiger charge is 2.35. The van der Waals surface area contributed by atoms with Crippen molar-refractivity contribution >= 4 is 0 Å². The largest absolute Gasteiger partial charge is 0.472 e. The molecule has 4 heterocycles. The molecule has 23 heavy (non-hydrogen) atoms. The molecule has 4 nitrogen and oxygen atoms in total. The summed E-state index contributed by atoms with van der Waals surface area (Å²) in [7, 11) is 0. The normalized spacial score (nSPS) is 26.3. The molecule has 3 aliphatic heterocycles. The van der Waals surface area contributed by atoms with Crippen LogP contribution in [-0.4, -0.2) is 40.8 Å². The average Bonchev–Trinajstić information content (AvgIpc) is 2.57. The smallest absolute Gasteiger partial charge is 0.233 e. The lowest BCUT2D eigenvalue weighted by Crippen LogP contribution is -2.52. The van der Waals surface area contributed by atoms with Crippen LogP contribution in [0.4, 0.5) is 4.39 Å². The van der Waals surface area contributed by atoms with Crippen molar-refractivity contribution in [3.63, 3.8) is 0 Å². The minimum atomic E-state index is -0.273. The molecular weight excluding hydrogens is 293 g/mol. The van der Waals surface area contributed by atoms with Crippen molar-refractivity contribution in [3.8, 4) is 17.1 Å². The summed E-state index contributed by atoms with van der Waals surface area (Å²) in [5, 5.41) is 8.28. The van der Waals surface area contributed by atoms with Crippen molar-refractivity contribution in [2.75, 3.05) is 19.6 Å². The number of hydrogen-bond acceptors (Lipinski definition) is 4. The van der Waals surface area contributed by atoms with Crippen LogP contribution in [0.2, 0.25) is 0 Å². The van der Waals surface area contributed by atoms with Crippen LogP contribution in [0, 0.1) is 18.7 Å². The number of piperidine rings is 3. The third-order valence-electron chi connectivity index (χ3n) is 4.91. The van der Waals surface area contributed by atoms with E-state index in [0.29, 0.717) is 23.1 Å². The summed E-state index contributed by atoms with van der Waals surface area (Å²) in [6.07, 6.45) is 2.60. The monoisotopic (exact) mass is 313 g/mol. The van der Waals surface area contributed by atoms with Gasteiger partial charge < -0.3 is 4.74 Å². The summed E-state index contributed by atoms with van der Waals surface area (Å²) in [6.45, 7) is 5.20. The first-order valence-corrected chi connectivity index (χ1v) is 8.18. The standard InChI is InChI=1S/C18H20FN3O/c1-12-2-3-14(15(19)10-12)16-4-5-18(21-20-16)23-17-11-22-8-6-13(17)7-9-22/h2-5,10,13,17H,6-9,11H2,1H3/t17-/m1/s1. The van der Waals surface area contributed by atoms with E-state index in [4.69, 9.17) is 4.74 Å². The predicted molar refractivity (Wildman–Crippen MR) is 85.7 cm³/mol. The number of fused-ring (bicyclic) bond motifs is 3. The summed E-state index contributed by atoms with van der Waals surface area (Å²) < 4.78 is 20.0. The molecule has 2 bridgehead atoms. The zero-order valence-corrected chi connectivity index (χ0v) is 13.2. The molecule has 2 aromatic rings. The van der Waals surface area contributed by atoms with Gasteiger partial charge in [0.1, 0.15) is 11.9 Å². The lowest BCUT2D eigenvalue weighted by atomic mass is 9.86. The van der Waals surface area contributed by atoms with E-state index in [1.165, 1.54) is 32.0 Å². The van der Waals surface area contributed by atoms with Gasteiger partial charge in [-0.05, 0) is 62.5 Å². The number of nitrogens with zero attached hydrogens (tertiary/aromatic N) is 3. The molecular formula is C18H20FN3O. The first-order valence-electron chi connectivity index (χ1n) is 8.18. The Kier molecular flexibility index (Phi) is 3.73. The molecule has 5 heteroatoms. The molecule has 0 saturated carbocycles. The van der Waals surface area contributed by atoms with E-state index >= 15 is 0 Å². The highest BCUT2D eigenvalue weighted by molar-refractivity contribution is 5.59. The molecule has 1 atom stereocenters. The van der Waals surface area contributed by atoms with Gasteiger partial charge in [-0.15, -0.1) is 10.2 Å². The van der Waals surface area contributed by atoms with Gasteiger partial charge in [0.2, 0.25) is 5.88 Å². The summed E-state index contributed by atoms with van der Waals surface area (Å²) in [5.41, 5.74) is 1.89. The van der Waals surface area contributed by atoms with Gasteiger partial charge in [0.05, 0.1) is 5.69 Å². The van der Waals surface area contributed by atoms with Crippen molar-refractivity contribution in [1.82, 2.24) is 15.1 Å². The summed E-state index contributed by atoms with van der Waals surface area (Å²) in [4.78, 5) is 2.44. The maximum Gasteiger partial charge on any atom is 0.233 e. The Morgan fingerprint density at radius 1 is 1.13 bits per heavy atom. The van der Waals surface area contributed by atoms with Crippen LogP contribution in [-0.2, 0) is 0 Å². The van der Waals surface area contributed by atoms with Crippen LogP contribution in [0.1, 0.15) is 18.4 Å². The minimum absolute atomic E-state index is 0.203. The van der Waals surface area contributed by atoms with Gasteiger partial charge in [-0.3, -0.25) is 4.90 Å². The minimum Gasteiger partial charge on any atom is -0.472 e. The number of halogens is 1. The second-order valence-electron chi connectivity index (χ2n) is 6.53. The van der Waals surface area contributed by atoms with Crippen LogP contribution in [0.5, 0.6) is 5.88 Å². The topological polar surface area (TPSA) is 38.2 Å². The van der Waals surface area contributed by atoms with Gasteiger partial charge in [-0.2, -0.15) is 0 Å². The van der Waals surface area contributed by atoms with E-state index in [-0.39, 0.29) is 11.9 Å². The Labute approximate surface area is 135 Å². The Bertz CT molecular complexity index is 696. The summed E-state index contributed by atoms with van der Waals surface area (Å²) in [5.74, 6) is 0.876. The molecule has 5 rings (SSSR count). The number of aryl methyl sites for hydroxylation is 1. The maximum absolute atomic E-state index is 14.0. The van der Waals surface area contributed by atoms with Crippen molar-refractivity contribution in [2.24, 2.45) is 5.92 Å². The predicted octanol–water partition coefficient (Wildman–Crippen LogP) is 3.06. The highest BCUT2D eigenvalue weighted by Crippen LogP contribution is 2.30.